The number of aromatic nitrogens is 2. The molecule has 0 aliphatic rings. The van der Waals surface area contributed by atoms with Crippen LogP contribution in [0.25, 0.3) is 0 Å². The second-order valence-electron chi connectivity index (χ2n) is 4.62. The summed E-state index contributed by atoms with van der Waals surface area (Å²) < 4.78 is 26.2. The normalized spacial score (nSPS) is 12.1. The van der Waals surface area contributed by atoms with Crippen molar-refractivity contribution in [2.45, 2.75) is 32.6 Å². The molecule has 0 unspecified atom stereocenters. The van der Waals surface area contributed by atoms with E-state index in [2.05, 4.69) is 15.3 Å². The molecule has 0 aromatic carbocycles. The van der Waals surface area contributed by atoms with Crippen molar-refractivity contribution < 1.29 is 8.42 Å². The molecular weight excluding hydrogens is 264 g/mol. The van der Waals surface area contributed by atoms with Gasteiger partial charge in [0, 0.05) is 19.6 Å². The third kappa shape index (κ3) is 4.14. The van der Waals surface area contributed by atoms with E-state index in [1.165, 1.54) is 16.7 Å². The highest BCUT2D eigenvalue weighted by atomic mass is 32.2. The van der Waals surface area contributed by atoms with E-state index in [-0.39, 0.29) is 10.8 Å². The average molecular weight is 286 g/mol. The maximum atomic E-state index is 12.4. The molecule has 6 nitrogen and oxygen atoms in total. The lowest BCUT2D eigenvalue weighted by Gasteiger charge is -2.22. The van der Waals surface area contributed by atoms with E-state index in [1.807, 2.05) is 27.7 Å². The van der Waals surface area contributed by atoms with Gasteiger partial charge in [-0.1, -0.05) is 20.8 Å². The first kappa shape index (κ1) is 15.8. The largest absolute Gasteiger partial charge is 0.355 e. The first-order valence-electron chi connectivity index (χ1n) is 6.47. The van der Waals surface area contributed by atoms with Crippen LogP contribution in [0.4, 0.5) is 5.95 Å². The zero-order chi connectivity index (χ0) is 14.5. The van der Waals surface area contributed by atoms with Crippen LogP contribution < -0.4 is 5.32 Å². The summed E-state index contributed by atoms with van der Waals surface area (Å²) in [6.07, 6.45) is 2.70. The lowest BCUT2D eigenvalue weighted by atomic mass is 10.2. The van der Waals surface area contributed by atoms with Gasteiger partial charge >= 0.3 is 0 Å². The summed E-state index contributed by atoms with van der Waals surface area (Å²) in [7, 11) is -3.50. The Kier molecular flexibility index (Phi) is 5.68. The van der Waals surface area contributed by atoms with Gasteiger partial charge in [-0.3, -0.25) is 0 Å². The highest BCUT2D eigenvalue weighted by Gasteiger charge is 2.24. The van der Waals surface area contributed by atoms with Gasteiger partial charge in [-0.25, -0.2) is 18.4 Å². The molecule has 0 aliphatic heterocycles. The van der Waals surface area contributed by atoms with Gasteiger partial charge in [0.25, 0.3) is 0 Å². The molecule has 108 valence electrons. The summed E-state index contributed by atoms with van der Waals surface area (Å²) in [5.41, 5.74) is 0. The van der Waals surface area contributed by atoms with E-state index in [0.717, 1.165) is 0 Å². The van der Waals surface area contributed by atoms with Crippen molar-refractivity contribution in [2.24, 2.45) is 5.92 Å². The summed E-state index contributed by atoms with van der Waals surface area (Å²) >= 11 is 0. The van der Waals surface area contributed by atoms with Crippen LogP contribution in [-0.2, 0) is 10.0 Å². The molecule has 0 fully saturated rings. The van der Waals surface area contributed by atoms with Crippen molar-refractivity contribution in [1.82, 2.24) is 14.3 Å². The van der Waals surface area contributed by atoms with Crippen molar-refractivity contribution in [2.75, 3.05) is 25.0 Å². The monoisotopic (exact) mass is 286 g/mol. The molecule has 1 aromatic rings. The Bertz CT molecular complexity index is 485. The molecule has 7 heteroatoms. The topological polar surface area (TPSA) is 75.2 Å². The minimum atomic E-state index is -3.50. The van der Waals surface area contributed by atoms with Crippen molar-refractivity contribution >= 4 is 16.0 Å². The minimum Gasteiger partial charge on any atom is -0.355 e. The van der Waals surface area contributed by atoms with Gasteiger partial charge in [-0.05, 0) is 12.8 Å². The predicted octanol–water partition coefficient (Wildman–Crippen LogP) is 1.57. The summed E-state index contributed by atoms with van der Waals surface area (Å²) in [5.74, 6) is 0.713. The van der Waals surface area contributed by atoms with E-state index in [1.54, 1.807) is 0 Å². The van der Waals surface area contributed by atoms with Gasteiger partial charge in [-0.2, -0.15) is 4.31 Å². The van der Waals surface area contributed by atoms with E-state index in [9.17, 15) is 8.42 Å². The van der Waals surface area contributed by atoms with E-state index in [0.29, 0.717) is 25.6 Å². The van der Waals surface area contributed by atoms with Gasteiger partial charge < -0.3 is 5.32 Å². The zero-order valence-corrected chi connectivity index (χ0v) is 12.7. The van der Waals surface area contributed by atoms with Gasteiger partial charge in [0.2, 0.25) is 16.0 Å². The highest BCUT2D eigenvalue weighted by molar-refractivity contribution is 7.89. The summed E-state index contributed by atoms with van der Waals surface area (Å²) in [6.45, 7) is 9.36. The second kappa shape index (κ2) is 6.81. The Morgan fingerprint density at radius 1 is 1.26 bits per heavy atom. The maximum absolute atomic E-state index is 12.4. The fourth-order valence-electron chi connectivity index (χ4n) is 1.65. The molecule has 0 amide bonds. The lowest BCUT2D eigenvalue weighted by molar-refractivity contribution is 0.380. The molecule has 0 radical (unpaired) electrons. The van der Waals surface area contributed by atoms with Crippen molar-refractivity contribution in [3.63, 3.8) is 0 Å². The quantitative estimate of drug-likeness (QED) is 0.823. The summed E-state index contributed by atoms with van der Waals surface area (Å²) in [4.78, 5) is 8.14. The van der Waals surface area contributed by atoms with Gasteiger partial charge in [0.1, 0.15) is 4.90 Å². The molecule has 1 rings (SSSR count). The molecule has 1 N–H and O–H groups in total. The van der Waals surface area contributed by atoms with Crippen LogP contribution >= 0.6 is 0 Å². The molecular formula is C12H22N4O2S. The fourth-order valence-corrected chi connectivity index (χ4v) is 3.16. The van der Waals surface area contributed by atoms with Crippen LogP contribution in [0.3, 0.4) is 0 Å². The summed E-state index contributed by atoms with van der Waals surface area (Å²) in [6, 6.07) is 0. The molecule has 0 bridgehead atoms. The number of rotatable bonds is 7. The highest BCUT2D eigenvalue weighted by Crippen LogP contribution is 2.15. The molecule has 0 saturated carbocycles. The Labute approximate surface area is 115 Å². The number of nitrogens with one attached hydrogen (secondary N) is 1. The van der Waals surface area contributed by atoms with Crippen LogP contribution in [0.2, 0.25) is 0 Å². The van der Waals surface area contributed by atoms with Crippen LogP contribution in [0.15, 0.2) is 17.3 Å². The number of hydrogen-bond acceptors (Lipinski definition) is 5. The minimum absolute atomic E-state index is 0.136. The van der Waals surface area contributed by atoms with E-state index in [4.69, 9.17) is 0 Å². The number of sulfonamides is 1. The van der Waals surface area contributed by atoms with E-state index >= 15 is 0 Å². The first-order valence-corrected chi connectivity index (χ1v) is 7.91. The predicted molar refractivity (Wildman–Crippen MR) is 75.5 cm³/mol. The molecule has 1 aromatic heterocycles. The van der Waals surface area contributed by atoms with Crippen molar-refractivity contribution in [3.8, 4) is 0 Å². The van der Waals surface area contributed by atoms with Crippen LogP contribution in [-0.4, -0.2) is 42.3 Å². The smallest absolute Gasteiger partial charge is 0.246 e. The second-order valence-corrected chi connectivity index (χ2v) is 6.56. The van der Waals surface area contributed by atoms with Gasteiger partial charge in [0.05, 0.1) is 12.4 Å². The molecule has 19 heavy (non-hydrogen) atoms. The number of hydrogen-bond donors (Lipinski definition) is 1. The Hall–Kier alpha value is -1.21. The standard InChI is InChI=1S/C12H22N4O2S/c1-5-13-12-14-7-11(8-15-12)19(17,18)16(6-2)9-10(3)4/h7-8,10H,5-6,9H2,1-4H3,(H,13,14,15). The van der Waals surface area contributed by atoms with Crippen LogP contribution in [0.5, 0.6) is 0 Å². The van der Waals surface area contributed by atoms with Crippen LogP contribution in [0, 0.1) is 5.92 Å². The number of anilines is 1. The first-order chi connectivity index (χ1) is 8.91. The Morgan fingerprint density at radius 2 is 1.84 bits per heavy atom. The van der Waals surface area contributed by atoms with Gasteiger partial charge in [0.15, 0.2) is 0 Å². The molecule has 0 atom stereocenters. The third-order valence-corrected chi connectivity index (χ3v) is 4.42. The Morgan fingerprint density at radius 3 is 2.26 bits per heavy atom. The Balaban J connectivity index is 2.98. The SMILES string of the molecule is CCNc1ncc(S(=O)(=O)N(CC)CC(C)C)cn1. The van der Waals surface area contributed by atoms with Crippen LogP contribution in [0.1, 0.15) is 27.7 Å². The van der Waals surface area contributed by atoms with Crippen molar-refractivity contribution in [3.05, 3.63) is 12.4 Å². The molecule has 0 spiro atoms. The molecule has 1 heterocycles. The van der Waals surface area contributed by atoms with Gasteiger partial charge in [-0.15, -0.1) is 0 Å². The summed E-state index contributed by atoms with van der Waals surface area (Å²) in [5, 5.41) is 2.93. The molecule has 0 aliphatic carbocycles. The average Bonchev–Trinajstić information content (AvgIpc) is 2.36. The maximum Gasteiger partial charge on any atom is 0.246 e. The van der Waals surface area contributed by atoms with E-state index < -0.39 is 10.0 Å². The lowest BCUT2D eigenvalue weighted by Crippen LogP contribution is -2.34. The van der Waals surface area contributed by atoms with Crippen molar-refractivity contribution in [1.29, 1.82) is 0 Å². The third-order valence-electron chi connectivity index (χ3n) is 2.52. The zero-order valence-electron chi connectivity index (χ0n) is 11.9. The number of nitrogens with zero attached hydrogens (tertiary/aromatic N) is 3. The molecule has 0 saturated heterocycles. The fraction of sp³-hybridized carbons (Fsp3) is 0.667.